The lowest BCUT2D eigenvalue weighted by Crippen LogP contribution is -2.02. The topological polar surface area (TPSA) is 60.7 Å². The molecule has 0 aromatic heterocycles. The van der Waals surface area contributed by atoms with Gasteiger partial charge in [0.25, 0.3) is 0 Å². The lowest BCUT2D eigenvalue weighted by molar-refractivity contribution is 0.405. The van der Waals surface area contributed by atoms with Crippen LogP contribution in [0.1, 0.15) is 0 Å². The Morgan fingerprint density at radius 1 is 0.500 bits per heavy atom. The maximum Gasteiger partial charge on any atom is 0.158 e. The lowest BCUT2D eigenvalue weighted by Gasteiger charge is -2.03. The van der Waals surface area contributed by atoms with Crippen LogP contribution in [-0.4, -0.2) is 15.3 Å². The molecule has 0 saturated heterocycles. The number of aromatic hydroxyl groups is 3. The normalized spacial score (nSPS) is 10.6. The maximum absolute atomic E-state index is 9.58. The minimum absolute atomic E-state index is 0.0753. The summed E-state index contributed by atoms with van der Waals surface area (Å²) >= 11 is 0. The number of phenolic OH excluding ortho intramolecular Hbond substituents is 3. The van der Waals surface area contributed by atoms with Crippen LogP contribution in [-0.2, 0) is 0 Å². The Bertz CT molecular complexity index is 960. The van der Waals surface area contributed by atoms with Crippen LogP contribution in [0.3, 0.4) is 0 Å². The van der Waals surface area contributed by atoms with E-state index in [0.717, 1.165) is 16.1 Å². The molecule has 0 spiro atoms. The fourth-order valence-corrected chi connectivity index (χ4v) is 3.53. The van der Waals surface area contributed by atoms with Gasteiger partial charge in [0.1, 0.15) is 5.75 Å². The first-order valence-electron chi connectivity index (χ1n) is 8.14. The number of hydrogen-bond acceptors (Lipinski definition) is 3. The zero-order chi connectivity index (χ0) is 18.4. The van der Waals surface area contributed by atoms with Gasteiger partial charge < -0.3 is 15.3 Å². The number of fused-ring (bicyclic) bond motifs is 1. The summed E-state index contributed by atoms with van der Waals surface area (Å²) in [5.41, 5.74) is 0. The van der Waals surface area contributed by atoms with Gasteiger partial charge in [-0.2, -0.15) is 0 Å². The number of para-hydroxylation sites is 1. The molecule has 4 rings (SSSR count). The monoisotopic (exact) mass is 362 g/mol. The summed E-state index contributed by atoms with van der Waals surface area (Å²) in [7, 11) is 0.526. The average Bonchev–Trinajstić information content (AvgIpc) is 2.66. The first-order chi connectivity index (χ1) is 12.6. The number of rotatable bonds is 2. The van der Waals surface area contributed by atoms with Crippen LogP contribution in [0.15, 0.2) is 91.0 Å². The van der Waals surface area contributed by atoms with Crippen molar-refractivity contribution in [3.63, 3.8) is 0 Å². The van der Waals surface area contributed by atoms with Gasteiger partial charge in [-0.1, -0.05) is 81.4 Å². The third-order valence-corrected chi connectivity index (χ3v) is 5.11. The van der Waals surface area contributed by atoms with Crippen LogP contribution in [0.4, 0.5) is 0 Å². The van der Waals surface area contributed by atoms with Crippen LogP contribution in [0.5, 0.6) is 17.2 Å². The van der Waals surface area contributed by atoms with E-state index < -0.39 is 0 Å². The fourth-order valence-electron chi connectivity index (χ4n) is 2.47. The summed E-state index contributed by atoms with van der Waals surface area (Å²) in [5.74, 6) is 0.233. The van der Waals surface area contributed by atoms with Gasteiger partial charge in [-0.25, -0.2) is 0 Å². The zero-order valence-corrected chi connectivity index (χ0v) is 15.0. The minimum Gasteiger partial charge on any atom is -0.507 e. The van der Waals surface area contributed by atoms with Gasteiger partial charge in [0.15, 0.2) is 11.5 Å². The second-order valence-corrected chi connectivity index (χ2v) is 7.06. The molecule has 0 fully saturated rings. The van der Waals surface area contributed by atoms with Crippen molar-refractivity contribution < 1.29 is 15.3 Å². The first kappa shape index (κ1) is 17.8. The van der Waals surface area contributed by atoms with E-state index in [2.05, 4.69) is 12.1 Å². The standard InChI is InChI=1S/C12H11OP.C10H8O2/c13-11-8-4-5-9-12(11)14-10-6-2-1-3-7-10;11-9-5-7-3-1-2-4-8(7)6-10(9)12/h1-9,13-14H;1-6,11-12H. The van der Waals surface area contributed by atoms with E-state index in [4.69, 9.17) is 10.2 Å². The molecule has 0 saturated carbocycles. The van der Waals surface area contributed by atoms with Gasteiger partial charge in [0, 0.05) is 5.30 Å². The van der Waals surface area contributed by atoms with E-state index in [0.29, 0.717) is 14.3 Å². The molecular weight excluding hydrogens is 343 g/mol. The molecule has 1 atom stereocenters. The van der Waals surface area contributed by atoms with Crippen molar-refractivity contribution in [1.82, 2.24) is 0 Å². The molecule has 0 radical (unpaired) electrons. The van der Waals surface area contributed by atoms with Crippen LogP contribution >= 0.6 is 8.58 Å². The van der Waals surface area contributed by atoms with E-state index >= 15 is 0 Å². The second-order valence-electron chi connectivity index (χ2n) is 5.70. The number of phenols is 3. The summed E-state index contributed by atoms with van der Waals surface area (Å²) in [6.07, 6.45) is 0. The molecule has 4 aromatic rings. The predicted molar refractivity (Wildman–Crippen MR) is 109 cm³/mol. The van der Waals surface area contributed by atoms with Gasteiger partial charge in [-0.15, -0.1) is 0 Å². The molecule has 0 heterocycles. The fraction of sp³-hybridized carbons (Fsp3) is 0. The third-order valence-electron chi connectivity index (χ3n) is 3.80. The molecule has 4 aromatic carbocycles. The molecule has 3 nitrogen and oxygen atoms in total. The Balaban J connectivity index is 0.000000152. The predicted octanol–water partition coefficient (Wildman–Crippen LogP) is 4.27. The smallest absolute Gasteiger partial charge is 0.158 e. The Labute approximate surface area is 154 Å². The molecule has 26 heavy (non-hydrogen) atoms. The second kappa shape index (κ2) is 8.37. The Hall–Kier alpha value is -3.03. The van der Waals surface area contributed by atoms with Crippen LogP contribution in [0.2, 0.25) is 0 Å². The zero-order valence-electron chi connectivity index (χ0n) is 14.0. The van der Waals surface area contributed by atoms with E-state index in [1.165, 1.54) is 5.30 Å². The Morgan fingerprint density at radius 3 is 1.58 bits per heavy atom. The molecular formula is C22H19O3P. The van der Waals surface area contributed by atoms with E-state index in [9.17, 15) is 5.11 Å². The molecule has 0 aliphatic carbocycles. The summed E-state index contributed by atoms with van der Waals surface area (Å²) in [6.45, 7) is 0. The Morgan fingerprint density at radius 2 is 1.00 bits per heavy atom. The largest absolute Gasteiger partial charge is 0.507 e. The molecule has 0 aliphatic heterocycles. The lowest BCUT2D eigenvalue weighted by atomic mass is 10.1. The highest BCUT2D eigenvalue weighted by Crippen LogP contribution is 2.29. The van der Waals surface area contributed by atoms with Crippen molar-refractivity contribution in [2.75, 3.05) is 0 Å². The van der Waals surface area contributed by atoms with E-state index in [-0.39, 0.29) is 11.5 Å². The maximum atomic E-state index is 9.58. The summed E-state index contributed by atoms with van der Waals surface area (Å²) in [5, 5.41) is 32.0. The summed E-state index contributed by atoms with van der Waals surface area (Å²) in [6, 6.07) is 28.3. The summed E-state index contributed by atoms with van der Waals surface area (Å²) < 4.78 is 0. The van der Waals surface area contributed by atoms with Crippen molar-refractivity contribution in [3.05, 3.63) is 91.0 Å². The molecule has 0 bridgehead atoms. The summed E-state index contributed by atoms with van der Waals surface area (Å²) in [4.78, 5) is 0. The number of benzene rings is 4. The van der Waals surface area contributed by atoms with Crippen molar-refractivity contribution in [1.29, 1.82) is 0 Å². The Kier molecular flexibility index (Phi) is 5.73. The number of hydrogen-bond donors (Lipinski definition) is 3. The van der Waals surface area contributed by atoms with Gasteiger partial charge in [0.05, 0.1) is 0 Å². The first-order valence-corrected chi connectivity index (χ1v) is 9.14. The molecule has 4 heteroatoms. The minimum atomic E-state index is -0.0753. The third kappa shape index (κ3) is 4.53. The quantitative estimate of drug-likeness (QED) is 0.369. The molecule has 0 amide bonds. The van der Waals surface area contributed by atoms with E-state index in [1.54, 1.807) is 18.2 Å². The van der Waals surface area contributed by atoms with Crippen molar-refractivity contribution in [3.8, 4) is 17.2 Å². The van der Waals surface area contributed by atoms with Gasteiger partial charge in [0.2, 0.25) is 0 Å². The van der Waals surface area contributed by atoms with Crippen LogP contribution in [0, 0.1) is 0 Å². The van der Waals surface area contributed by atoms with Gasteiger partial charge >= 0.3 is 0 Å². The van der Waals surface area contributed by atoms with Crippen LogP contribution in [0.25, 0.3) is 10.8 Å². The molecule has 3 N–H and O–H groups in total. The van der Waals surface area contributed by atoms with Crippen molar-refractivity contribution >= 4 is 30.0 Å². The highest BCUT2D eigenvalue weighted by molar-refractivity contribution is 7.55. The molecule has 130 valence electrons. The average molecular weight is 362 g/mol. The van der Waals surface area contributed by atoms with Crippen molar-refractivity contribution in [2.45, 2.75) is 0 Å². The highest BCUT2D eigenvalue weighted by atomic mass is 31.1. The van der Waals surface area contributed by atoms with Crippen LogP contribution < -0.4 is 10.6 Å². The van der Waals surface area contributed by atoms with Gasteiger partial charge in [-0.3, -0.25) is 0 Å². The highest BCUT2D eigenvalue weighted by Gasteiger charge is 2.00. The SMILES string of the molecule is Oc1cc2ccccc2cc1O.Oc1ccccc1Pc1ccccc1. The van der Waals surface area contributed by atoms with E-state index in [1.807, 2.05) is 60.7 Å². The van der Waals surface area contributed by atoms with Gasteiger partial charge in [-0.05, 0) is 34.3 Å². The molecule has 1 unspecified atom stereocenters. The molecule has 0 aliphatic rings. The van der Waals surface area contributed by atoms with Crippen molar-refractivity contribution in [2.24, 2.45) is 0 Å².